The van der Waals surface area contributed by atoms with E-state index in [1.807, 2.05) is 0 Å². The van der Waals surface area contributed by atoms with Crippen molar-refractivity contribution < 1.29 is 0 Å². The maximum Gasteiger partial charge on any atom is 0.00832 e. The molecule has 0 saturated carbocycles. The Hall–Kier alpha value is 0.340. The lowest BCUT2D eigenvalue weighted by Crippen LogP contribution is -1.36. The van der Waals surface area contributed by atoms with Crippen molar-refractivity contribution in [1.29, 1.82) is 0 Å². The van der Waals surface area contributed by atoms with Crippen LogP contribution in [0.25, 0.3) is 0 Å². The summed E-state index contributed by atoms with van der Waals surface area (Å²) in [4.78, 5) is 0. The van der Waals surface area contributed by atoms with Gasteiger partial charge in [0.2, 0.25) is 0 Å². The standard InChI is InChI=1S/C3H3P2/c1-2-4-5-3-1/h1-3H. The van der Waals surface area contributed by atoms with Crippen LogP contribution in [0.2, 0.25) is 0 Å². The van der Waals surface area contributed by atoms with Crippen LogP contribution in [-0.2, 0) is 0 Å². The van der Waals surface area contributed by atoms with Crippen LogP contribution in [0.1, 0.15) is 0 Å². The third kappa shape index (κ3) is 0.833. The fourth-order valence-electron chi connectivity index (χ4n) is 0.192. The van der Waals surface area contributed by atoms with Crippen LogP contribution in [0.3, 0.4) is 0 Å². The highest BCUT2D eigenvalue weighted by atomic mass is 32.0. The third-order valence-corrected chi connectivity index (χ3v) is 2.32. The molecule has 0 fully saturated rings. The molecule has 0 atom stereocenters. The number of hydrogen-bond acceptors (Lipinski definition) is 0. The van der Waals surface area contributed by atoms with Crippen molar-refractivity contribution in [2.24, 2.45) is 0 Å². The zero-order chi connectivity index (χ0) is 3.54. The first-order valence-corrected chi connectivity index (χ1v) is 4.02. The predicted octanol–water partition coefficient (Wildman–Crippen LogP) is 2.12. The first kappa shape index (κ1) is 3.53. The average Bonchev–Trinajstić information content (AvgIpc) is 1.76. The number of hydrogen-bond donors (Lipinski definition) is 0. The molecule has 0 aromatic rings. The fraction of sp³-hybridized carbons (Fsp3) is 0. The highest BCUT2D eigenvalue weighted by molar-refractivity contribution is 8.13. The van der Waals surface area contributed by atoms with E-state index in [2.05, 4.69) is 17.7 Å². The molecule has 1 heterocycles. The molecule has 0 aromatic heterocycles. The Balaban J connectivity index is 2.61. The first-order chi connectivity index (χ1) is 2.50. The Morgan fingerprint density at radius 1 is 1.40 bits per heavy atom. The van der Waals surface area contributed by atoms with Crippen molar-refractivity contribution in [2.75, 3.05) is 0 Å². The van der Waals surface area contributed by atoms with Crippen LogP contribution in [-0.4, -0.2) is 5.80 Å². The van der Waals surface area contributed by atoms with E-state index >= 15 is 0 Å². The summed E-state index contributed by atoms with van der Waals surface area (Å²) in [6, 6.07) is 0. The average molecular weight is 101 g/mol. The van der Waals surface area contributed by atoms with Crippen molar-refractivity contribution in [3.8, 4) is 0 Å². The van der Waals surface area contributed by atoms with Crippen molar-refractivity contribution in [2.45, 2.75) is 0 Å². The lowest BCUT2D eigenvalue weighted by molar-refractivity contribution is 2.49. The second-order valence-corrected chi connectivity index (χ2v) is 3.17. The van der Waals surface area contributed by atoms with Gasteiger partial charge in [-0.25, -0.2) is 0 Å². The van der Waals surface area contributed by atoms with E-state index in [1.165, 1.54) is 16.2 Å². The second-order valence-electron chi connectivity index (χ2n) is 0.722. The van der Waals surface area contributed by atoms with Gasteiger partial charge < -0.3 is 0 Å². The highest BCUT2D eigenvalue weighted by Gasteiger charge is 1.74. The maximum atomic E-state index is 2.14. The van der Waals surface area contributed by atoms with Gasteiger partial charge in [-0.1, -0.05) is 14.0 Å². The minimum atomic E-state index is 1.43. The molecule has 0 spiro atoms. The Labute approximate surface area is 34.8 Å². The normalized spacial score (nSPS) is 25.6. The highest BCUT2D eigenvalue weighted by Crippen LogP contribution is 2.32. The molecule has 25 valence electrons. The molecule has 0 bridgehead atoms. The van der Waals surface area contributed by atoms with Crippen LogP contribution >= 0.6 is 16.2 Å². The minimum Gasteiger partial charge on any atom is -0.0659 e. The monoisotopic (exact) mass is 101 g/mol. The minimum absolute atomic E-state index is 1.43. The third-order valence-electron chi connectivity index (χ3n) is 0.372. The Kier molecular flexibility index (Phi) is 1.20. The van der Waals surface area contributed by atoms with Crippen LogP contribution in [0.4, 0.5) is 0 Å². The molecular weight excluding hydrogens is 98.0 g/mol. The quantitative estimate of drug-likeness (QED) is 0.410. The Morgan fingerprint density at radius 3 is 2.60 bits per heavy atom. The molecule has 0 unspecified atom stereocenters. The first-order valence-electron chi connectivity index (χ1n) is 1.38. The fourth-order valence-corrected chi connectivity index (χ4v) is 1.73. The molecule has 0 saturated heterocycles. The lowest BCUT2D eigenvalue weighted by Gasteiger charge is -1.54. The van der Waals surface area contributed by atoms with Gasteiger partial charge in [0.25, 0.3) is 0 Å². The molecule has 1 aliphatic rings. The summed E-state index contributed by atoms with van der Waals surface area (Å²) in [7, 11) is 2.85. The zero-order valence-corrected chi connectivity index (χ0v) is 4.42. The van der Waals surface area contributed by atoms with Gasteiger partial charge in [-0.15, -0.1) is 0 Å². The van der Waals surface area contributed by atoms with E-state index in [0.29, 0.717) is 0 Å². The van der Waals surface area contributed by atoms with Gasteiger partial charge in [0.1, 0.15) is 0 Å². The number of rotatable bonds is 0. The maximum absolute atomic E-state index is 2.14. The zero-order valence-electron chi connectivity index (χ0n) is 2.63. The van der Waals surface area contributed by atoms with Crippen LogP contribution < -0.4 is 0 Å². The summed E-state index contributed by atoms with van der Waals surface area (Å²) in [6.07, 6.45) is 2.09. The molecule has 0 aliphatic carbocycles. The van der Waals surface area contributed by atoms with E-state index in [4.69, 9.17) is 0 Å². The largest absolute Gasteiger partial charge is 0.0659 e. The summed E-state index contributed by atoms with van der Waals surface area (Å²) in [5, 5.41) is 0. The second kappa shape index (κ2) is 1.70. The van der Waals surface area contributed by atoms with Crippen molar-refractivity contribution in [1.82, 2.24) is 0 Å². The smallest absolute Gasteiger partial charge is 0.00832 e. The SMILES string of the molecule is C1=C[P]P=C1. The van der Waals surface area contributed by atoms with Crippen molar-refractivity contribution >= 4 is 22.0 Å². The van der Waals surface area contributed by atoms with Gasteiger partial charge >= 0.3 is 0 Å². The predicted molar refractivity (Wildman–Crippen MR) is 29.0 cm³/mol. The Morgan fingerprint density at radius 2 is 2.40 bits per heavy atom. The molecule has 0 aromatic carbocycles. The molecular formula is C3H3P2. The summed E-state index contributed by atoms with van der Waals surface area (Å²) in [5.74, 6) is 4.28. The molecule has 0 nitrogen and oxygen atoms in total. The van der Waals surface area contributed by atoms with Crippen LogP contribution in [0.15, 0.2) is 11.9 Å². The molecule has 1 rings (SSSR count). The van der Waals surface area contributed by atoms with E-state index in [0.717, 1.165) is 0 Å². The van der Waals surface area contributed by atoms with Gasteiger partial charge in [0.05, 0.1) is 0 Å². The van der Waals surface area contributed by atoms with E-state index in [1.54, 1.807) is 0 Å². The van der Waals surface area contributed by atoms with Gasteiger partial charge in [-0.2, -0.15) is 0 Å². The molecule has 0 amide bonds. The summed E-state index contributed by atoms with van der Waals surface area (Å²) < 4.78 is 0. The molecule has 5 heavy (non-hydrogen) atoms. The van der Waals surface area contributed by atoms with Crippen LogP contribution in [0.5, 0.6) is 0 Å². The lowest BCUT2D eigenvalue weighted by atomic mass is 10.8. The summed E-state index contributed by atoms with van der Waals surface area (Å²) in [6.45, 7) is 0. The van der Waals surface area contributed by atoms with Gasteiger partial charge in [0, 0.05) is 8.27 Å². The van der Waals surface area contributed by atoms with Gasteiger partial charge in [-0.3, -0.25) is 0 Å². The van der Waals surface area contributed by atoms with Crippen LogP contribution in [0, 0.1) is 0 Å². The summed E-state index contributed by atoms with van der Waals surface area (Å²) >= 11 is 0. The van der Waals surface area contributed by atoms with E-state index < -0.39 is 0 Å². The van der Waals surface area contributed by atoms with E-state index in [9.17, 15) is 0 Å². The molecule has 1 aliphatic heterocycles. The number of allylic oxidation sites excluding steroid dienone is 1. The molecule has 2 heteroatoms. The molecule has 1 radical (unpaired) electrons. The molecule has 0 N–H and O–H groups in total. The van der Waals surface area contributed by atoms with Crippen molar-refractivity contribution in [3.63, 3.8) is 0 Å². The topological polar surface area (TPSA) is 0 Å². The van der Waals surface area contributed by atoms with Crippen molar-refractivity contribution in [3.05, 3.63) is 11.9 Å². The van der Waals surface area contributed by atoms with Gasteiger partial charge in [-0.05, 0) is 11.6 Å². The summed E-state index contributed by atoms with van der Waals surface area (Å²) in [5.41, 5.74) is 0. The Bertz CT molecular complexity index is 63.0. The van der Waals surface area contributed by atoms with E-state index in [-0.39, 0.29) is 0 Å². The van der Waals surface area contributed by atoms with Gasteiger partial charge in [0.15, 0.2) is 0 Å².